The van der Waals surface area contributed by atoms with Gasteiger partial charge in [-0.2, -0.15) is 0 Å². The van der Waals surface area contributed by atoms with Gasteiger partial charge in [0, 0.05) is 11.1 Å². The molecule has 104 valence electrons. The lowest BCUT2D eigenvalue weighted by Gasteiger charge is -2.15. The highest BCUT2D eigenvalue weighted by Crippen LogP contribution is 2.40. The van der Waals surface area contributed by atoms with Gasteiger partial charge in [0.15, 0.2) is 17.8 Å². The molecular weight excluding hydrogens is 256 g/mol. The monoisotopic (exact) mass is 272 g/mol. The summed E-state index contributed by atoms with van der Waals surface area (Å²) < 4.78 is 15.8. The van der Waals surface area contributed by atoms with Crippen molar-refractivity contribution >= 4 is 6.29 Å². The lowest BCUT2D eigenvalue weighted by Crippen LogP contribution is -1.97. The molecule has 0 saturated carbocycles. The van der Waals surface area contributed by atoms with Crippen LogP contribution in [0.25, 0.3) is 11.1 Å². The summed E-state index contributed by atoms with van der Waals surface area (Å²) in [5, 5.41) is 0. The summed E-state index contributed by atoms with van der Waals surface area (Å²) in [6.07, 6.45) is 0.807. The lowest BCUT2D eigenvalue weighted by atomic mass is 9.98. The van der Waals surface area contributed by atoms with E-state index in [9.17, 15) is 4.79 Å². The zero-order valence-electron chi connectivity index (χ0n) is 11.7. The zero-order valence-corrected chi connectivity index (χ0v) is 11.7. The quantitative estimate of drug-likeness (QED) is 0.784. The maximum Gasteiger partial charge on any atom is 0.169 e. The van der Waals surface area contributed by atoms with Gasteiger partial charge in [0.2, 0.25) is 0 Å². The van der Waals surface area contributed by atoms with E-state index in [0.29, 0.717) is 22.6 Å². The Labute approximate surface area is 117 Å². The van der Waals surface area contributed by atoms with E-state index in [-0.39, 0.29) is 0 Å². The third kappa shape index (κ3) is 2.45. The van der Waals surface area contributed by atoms with Crippen LogP contribution in [-0.2, 0) is 0 Å². The number of hydrogen-bond donors (Lipinski definition) is 0. The molecule has 0 radical (unpaired) electrons. The van der Waals surface area contributed by atoms with E-state index in [1.54, 1.807) is 33.5 Å². The third-order valence-corrected chi connectivity index (χ3v) is 3.08. The Morgan fingerprint density at radius 1 is 0.850 bits per heavy atom. The molecule has 0 spiro atoms. The minimum absolute atomic E-state index is 0.544. The molecule has 2 aromatic rings. The topological polar surface area (TPSA) is 44.8 Å². The number of benzene rings is 2. The van der Waals surface area contributed by atoms with E-state index in [1.165, 1.54) is 0 Å². The van der Waals surface area contributed by atoms with Crippen LogP contribution in [0.1, 0.15) is 10.4 Å². The molecule has 0 aliphatic heterocycles. The van der Waals surface area contributed by atoms with Gasteiger partial charge in [-0.1, -0.05) is 12.1 Å². The summed E-state index contributed by atoms with van der Waals surface area (Å²) in [6.45, 7) is 0. The Morgan fingerprint density at radius 3 is 2.05 bits per heavy atom. The molecule has 0 unspecified atom stereocenters. The minimum Gasteiger partial charge on any atom is -0.497 e. The fraction of sp³-hybridized carbons (Fsp3) is 0.188. The standard InChI is InChI=1S/C16H16O4/c1-18-13-7-4-11(5-8-13)15-12(10-17)6-9-14(19-2)16(15)20-3/h4-10H,1-3H3. The first-order valence-corrected chi connectivity index (χ1v) is 6.09. The van der Waals surface area contributed by atoms with E-state index < -0.39 is 0 Å². The molecule has 0 aromatic heterocycles. The van der Waals surface area contributed by atoms with Crippen molar-refractivity contribution in [1.82, 2.24) is 0 Å². The number of carbonyl (C=O) groups is 1. The van der Waals surface area contributed by atoms with Crippen LogP contribution >= 0.6 is 0 Å². The fourth-order valence-corrected chi connectivity index (χ4v) is 2.10. The first-order chi connectivity index (χ1) is 9.74. The van der Waals surface area contributed by atoms with E-state index >= 15 is 0 Å². The Bertz CT molecular complexity index is 603. The fourth-order valence-electron chi connectivity index (χ4n) is 2.10. The van der Waals surface area contributed by atoms with Crippen LogP contribution in [-0.4, -0.2) is 27.6 Å². The normalized spacial score (nSPS) is 9.95. The molecular formula is C16H16O4. The average molecular weight is 272 g/mol. The zero-order chi connectivity index (χ0) is 14.5. The van der Waals surface area contributed by atoms with Crippen molar-refractivity contribution in [1.29, 1.82) is 0 Å². The lowest BCUT2D eigenvalue weighted by molar-refractivity contribution is 0.112. The number of ether oxygens (including phenoxy) is 3. The highest BCUT2D eigenvalue weighted by molar-refractivity contribution is 5.92. The second-order valence-corrected chi connectivity index (χ2v) is 4.11. The second kappa shape index (κ2) is 6.10. The molecule has 2 aromatic carbocycles. The predicted octanol–water partition coefficient (Wildman–Crippen LogP) is 3.19. The number of hydrogen-bond acceptors (Lipinski definition) is 4. The molecule has 0 heterocycles. The molecule has 0 saturated heterocycles. The van der Waals surface area contributed by atoms with Crippen molar-refractivity contribution in [3.63, 3.8) is 0 Å². The van der Waals surface area contributed by atoms with Crippen LogP contribution in [0.4, 0.5) is 0 Å². The van der Waals surface area contributed by atoms with Crippen LogP contribution in [0.5, 0.6) is 17.2 Å². The molecule has 0 aliphatic carbocycles. The van der Waals surface area contributed by atoms with Gasteiger partial charge in [0.25, 0.3) is 0 Å². The number of aldehydes is 1. The van der Waals surface area contributed by atoms with E-state index in [0.717, 1.165) is 17.6 Å². The van der Waals surface area contributed by atoms with Gasteiger partial charge in [0.1, 0.15) is 5.75 Å². The first kappa shape index (κ1) is 13.9. The number of carbonyl (C=O) groups excluding carboxylic acids is 1. The van der Waals surface area contributed by atoms with Crippen molar-refractivity contribution in [3.05, 3.63) is 42.0 Å². The van der Waals surface area contributed by atoms with Gasteiger partial charge >= 0.3 is 0 Å². The Kier molecular flexibility index (Phi) is 4.25. The Morgan fingerprint density at radius 2 is 1.55 bits per heavy atom. The van der Waals surface area contributed by atoms with Gasteiger partial charge in [-0.25, -0.2) is 0 Å². The SMILES string of the molecule is COc1ccc(-c2c(C=O)ccc(OC)c2OC)cc1. The summed E-state index contributed by atoms with van der Waals surface area (Å²) in [7, 11) is 4.73. The van der Waals surface area contributed by atoms with E-state index in [1.807, 2.05) is 24.3 Å². The van der Waals surface area contributed by atoms with E-state index in [4.69, 9.17) is 14.2 Å². The highest BCUT2D eigenvalue weighted by Gasteiger charge is 2.16. The molecule has 0 fully saturated rings. The highest BCUT2D eigenvalue weighted by atomic mass is 16.5. The minimum atomic E-state index is 0.544. The van der Waals surface area contributed by atoms with Crippen LogP contribution in [0.3, 0.4) is 0 Å². The Hall–Kier alpha value is -2.49. The van der Waals surface area contributed by atoms with Crippen molar-refractivity contribution in [2.75, 3.05) is 21.3 Å². The third-order valence-electron chi connectivity index (χ3n) is 3.08. The van der Waals surface area contributed by atoms with Crippen LogP contribution in [0.15, 0.2) is 36.4 Å². The summed E-state index contributed by atoms with van der Waals surface area (Å²) in [4.78, 5) is 11.3. The van der Waals surface area contributed by atoms with E-state index in [2.05, 4.69) is 0 Å². The van der Waals surface area contributed by atoms with Crippen LogP contribution in [0.2, 0.25) is 0 Å². The van der Waals surface area contributed by atoms with Gasteiger partial charge in [-0.3, -0.25) is 4.79 Å². The molecule has 4 nitrogen and oxygen atoms in total. The van der Waals surface area contributed by atoms with Crippen molar-refractivity contribution in [2.45, 2.75) is 0 Å². The maximum absolute atomic E-state index is 11.3. The molecule has 0 atom stereocenters. The predicted molar refractivity (Wildman–Crippen MR) is 76.9 cm³/mol. The summed E-state index contributed by atoms with van der Waals surface area (Å²) >= 11 is 0. The number of rotatable bonds is 5. The first-order valence-electron chi connectivity index (χ1n) is 6.09. The molecule has 0 N–H and O–H groups in total. The van der Waals surface area contributed by atoms with Crippen molar-refractivity contribution in [2.24, 2.45) is 0 Å². The summed E-state index contributed by atoms with van der Waals surface area (Å²) in [5.74, 6) is 1.88. The molecule has 2 rings (SSSR count). The van der Waals surface area contributed by atoms with Crippen molar-refractivity contribution < 1.29 is 19.0 Å². The maximum atomic E-state index is 11.3. The van der Waals surface area contributed by atoms with Gasteiger partial charge in [-0.05, 0) is 29.8 Å². The summed E-state index contributed by atoms with van der Waals surface area (Å²) in [6, 6.07) is 10.9. The average Bonchev–Trinajstić information content (AvgIpc) is 2.53. The smallest absolute Gasteiger partial charge is 0.169 e. The van der Waals surface area contributed by atoms with Gasteiger partial charge in [-0.15, -0.1) is 0 Å². The van der Waals surface area contributed by atoms with Crippen molar-refractivity contribution in [3.8, 4) is 28.4 Å². The Balaban J connectivity index is 2.65. The molecule has 0 amide bonds. The van der Waals surface area contributed by atoms with Crippen LogP contribution < -0.4 is 14.2 Å². The largest absolute Gasteiger partial charge is 0.497 e. The van der Waals surface area contributed by atoms with Crippen LogP contribution in [0, 0.1) is 0 Å². The molecule has 20 heavy (non-hydrogen) atoms. The molecule has 0 bridgehead atoms. The molecule has 0 aliphatic rings. The molecule has 4 heteroatoms. The second-order valence-electron chi connectivity index (χ2n) is 4.11. The summed E-state index contributed by atoms with van der Waals surface area (Å²) in [5.41, 5.74) is 2.13. The van der Waals surface area contributed by atoms with Gasteiger partial charge < -0.3 is 14.2 Å². The van der Waals surface area contributed by atoms with Gasteiger partial charge in [0.05, 0.1) is 21.3 Å². The number of methoxy groups -OCH3 is 3.